The Kier molecular flexibility index (Phi) is 4.07. The van der Waals surface area contributed by atoms with Gasteiger partial charge in [-0.2, -0.15) is 4.31 Å². The van der Waals surface area contributed by atoms with Crippen molar-refractivity contribution < 1.29 is 22.7 Å². The SMILES string of the molecule is CN1C(=O)Cc2cc(S(=O)(=O)N3CCOC(=O)C34CCCCC4)ccc21. The maximum absolute atomic E-state index is 13.4. The largest absolute Gasteiger partial charge is 0.463 e. The number of sulfonamides is 1. The van der Waals surface area contributed by atoms with E-state index in [9.17, 15) is 18.0 Å². The second kappa shape index (κ2) is 6.06. The van der Waals surface area contributed by atoms with Crippen LogP contribution in [-0.2, 0) is 30.8 Å². The molecule has 1 aromatic rings. The van der Waals surface area contributed by atoms with Crippen LogP contribution in [0, 0.1) is 0 Å². The molecule has 0 aromatic heterocycles. The van der Waals surface area contributed by atoms with Gasteiger partial charge < -0.3 is 9.64 Å². The first-order chi connectivity index (χ1) is 12.4. The summed E-state index contributed by atoms with van der Waals surface area (Å²) in [6, 6.07) is 4.77. The lowest BCUT2D eigenvalue weighted by atomic mass is 9.81. The Morgan fingerprint density at radius 2 is 1.85 bits per heavy atom. The van der Waals surface area contributed by atoms with E-state index in [0.29, 0.717) is 18.4 Å². The van der Waals surface area contributed by atoms with Gasteiger partial charge in [-0.1, -0.05) is 19.3 Å². The van der Waals surface area contributed by atoms with Crippen molar-refractivity contribution in [3.05, 3.63) is 23.8 Å². The first-order valence-corrected chi connectivity index (χ1v) is 10.4. The second-order valence-corrected chi connectivity index (χ2v) is 9.09. The molecule has 7 nitrogen and oxygen atoms in total. The predicted molar refractivity (Wildman–Crippen MR) is 94.2 cm³/mol. The number of benzene rings is 1. The van der Waals surface area contributed by atoms with E-state index in [-0.39, 0.29) is 30.4 Å². The van der Waals surface area contributed by atoms with Crippen LogP contribution in [-0.4, -0.2) is 50.3 Å². The number of morpholine rings is 1. The molecule has 0 N–H and O–H groups in total. The Morgan fingerprint density at radius 3 is 2.58 bits per heavy atom. The Labute approximate surface area is 153 Å². The predicted octanol–water partition coefficient (Wildman–Crippen LogP) is 1.46. The minimum Gasteiger partial charge on any atom is -0.463 e. The first-order valence-electron chi connectivity index (χ1n) is 8.96. The molecule has 1 amide bonds. The van der Waals surface area contributed by atoms with E-state index in [0.717, 1.165) is 24.9 Å². The molecule has 2 aliphatic heterocycles. The average Bonchev–Trinajstić information content (AvgIpc) is 2.92. The van der Waals surface area contributed by atoms with Crippen molar-refractivity contribution in [1.29, 1.82) is 0 Å². The molecule has 1 aliphatic carbocycles. The van der Waals surface area contributed by atoms with E-state index in [4.69, 9.17) is 4.74 Å². The summed E-state index contributed by atoms with van der Waals surface area (Å²) in [5.41, 5.74) is 0.358. The summed E-state index contributed by atoms with van der Waals surface area (Å²) in [6.45, 7) is 0.246. The molecule has 0 radical (unpaired) electrons. The van der Waals surface area contributed by atoms with Crippen LogP contribution in [0.4, 0.5) is 5.69 Å². The van der Waals surface area contributed by atoms with Crippen molar-refractivity contribution in [1.82, 2.24) is 4.31 Å². The van der Waals surface area contributed by atoms with Gasteiger partial charge in [0.1, 0.15) is 12.1 Å². The summed E-state index contributed by atoms with van der Waals surface area (Å²) in [5, 5.41) is 0. The van der Waals surface area contributed by atoms with Crippen molar-refractivity contribution in [3.63, 3.8) is 0 Å². The Hall–Kier alpha value is -1.93. The monoisotopic (exact) mass is 378 g/mol. The molecule has 1 saturated carbocycles. The number of amides is 1. The highest BCUT2D eigenvalue weighted by molar-refractivity contribution is 7.89. The summed E-state index contributed by atoms with van der Waals surface area (Å²) in [4.78, 5) is 26.1. The maximum Gasteiger partial charge on any atom is 0.327 e. The lowest BCUT2D eigenvalue weighted by molar-refractivity contribution is -0.165. The van der Waals surface area contributed by atoms with E-state index in [1.165, 1.54) is 15.3 Å². The van der Waals surface area contributed by atoms with E-state index >= 15 is 0 Å². The third-order valence-electron chi connectivity index (χ3n) is 5.78. The van der Waals surface area contributed by atoms with Crippen LogP contribution < -0.4 is 4.90 Å². The molecule has 2 fully saturated rings. The molecular formula is C18H22N2O5S. The fraction of sp³-hybridized carbons (Fsp3) is 0.556. The molecule has 4 rings (SSSR count). The van der Waals surface area contributed by atoms with Crippen LogP contribution in [0.2, 0.25) is 0 Å². The minimum absolute atomic E-state index is 0.0557. The number of fused-ring (bicyclic) bond motifs is 1. The highest BCUT2D eigenvalue weighted by atomic mass is 32.2. The third-order valence-corrected chi connectivity index (χ3v) is 7.74. The molecule has 140 valence electrons. The number of ether oxygens (including phenoxy) is 1. The summed E-state index contributed by atoms with van der Waals surface area (Å²) in [7, 11) is -2.18. The number of anilines is 1. The zero-order valence-corrected chi connectivity index (χ0v) is 15.5. The molecule has 3 aliphatic rings. The molecule has 26 heavy (non-hydrogen) atoms. The number of rotatable bonds is 2. The number of cyclic esters (lactones) is 1. The number of likely N-dealkylation sites (N-methyl/N-ethyl adjacent to an activating group) is 1. The fourth-order valence-corrected chi connectivity index (χ4v) is 6.16. The molecule has 1 aromatic carbocycles. The van der Waals surface area contributed by atoms with Gasteiger partial charge in [-0.3, -0.25) is 9.59 Å². The van der Waals surface area contributed by atoms with Gasteiger partial charge in [0.15, 0.2) is 0 Å². The summed E-state index contributed by atoms with van der Waals surface area (Å²) in [5.74, 6) is -0.483. The maximum atomic E-state index is 13.4. The van der Waals surface area contributed by atoms with E-state index in [1.54, 1.807) is 19.2 Å². The molecule has 1 saturated heterocycles. The van der Waals surface area contributed by atoms with Crippen LogP contribution in [0.25, 0.3) is 0 Å². The molecular weight excluding hydrogens is 356 g/mol. The fourth-order valence-electron chi connectivity index (χ4n) is 4.35. The highest BCUT2D eigenvalue weighted by Crippen LogP contribution is 2.40. The number of hydrogen-bond acceptors (Lipinski definition) is 5. The Balaban J connectivity index is 1.75. The van der Waals surface area contributed by atoms with Gasteiger partial charge in [0.2, 0.25) is 15.9 Å². The third kappa shape index (κ3) is 2.46. The van der Waals surface area contributed by atoms with Gasteiger partial charge >= 0.3 is 5.97 Å². The Morgan fingerprint density at radius 1 is 1.12 bits per heavy atom. The Bertz CT molecular complexity index is 874. The number of nitrogens with zero attached hydrogens (tertiary/aromatic N) is 2. The zero-order chi connectivity index (χ0) is 18.5. The summed E-state index contributed by atoms with van der Waals surface area (Å²) in [6.07, 6.45) is 3.81. The van der Waals surface area contributed by atoms with Gasteiger partial charge in [0.25, 0.3) is 0 Å². The smallest absolute Gasteiger partial charge is 0.327 e. The zero-order valence-electron chi connectivity index (χ0n) is 14.7. The lowest BCUT2D eigenvalue weighted by Gasteiger charge is -2.45. The van der Waals surface area contributed by atoms with Gasteiger partial charge in [0, 0.05) is 19.3 Å². The lowest BCUT2D eigenvalue weighted by Crippen LogP contribution is -2.62. The molecule has 0 bridgehead atoms. The van der Waals surface area contributed by atoms with Crippen LogP contribution in [0.15, 0.2) is 23.1 Å². The average molecular weight is 378 g/mol. The van der Waals surface area contributed by atoms with Gasteiger partial charge in [0.05, 0.1) is 11.3 Å². The van der Waals surface area contributed by atoms with Crippen molar-refractivity contribution in [2.45, 2.75) is 49.0 Å². The quantitative estimate of drug-likeness (QED) is 0.728. The molecule has 2 heterocycles. The van der Waals surface area contributed by atoms with Crippen molar-refractivity contribution in [2.75, 3.05) is 25.1 Å². The van der Waals surface area contributed by atoms with E-state index in [1.807, 2.05) is 0 Å². The van der Waals surface area contributed by atoms with Crippen LogP contribution >= 0.6 is 0 Å². The first kappa shape index (κ1) is 17.5. The number of carbonyl (C=O) groups is 2. The summed E-state index contributed by atoms with van der Waals surface area (Å²) < 4.78 is 33.4. The molecule has 0 unspecified atom stereocenters. The molecule has 0 atom stereocenters. The standard InChI is InChI=1S/C18H22N2O5S/c1-19-15-6-5-14(11-13(15)12-16(19)21)26(23,24)20-9-10-25-17(22)18(20)7-3-2-4-8-18/h5-6,11H,2-4,7-10,12H2,1H3. The van der Waals surface area contributed by atoms with Crippen molar-refractivity contribution in [2.24, 2.45) is 0 Å². The number of carbonyl (C=O) groups excluding carboxylic acids is 2. The van der Waals surface area contributed by atoms with Gasteiger partial charge in [-0.05, 0) is 36.6 Å². The van der Waals surface area contributed by atoms with Crippen molar-refractivity contribution >= 4 is 27.6 Å². The van der Waals surface area contributed by atoms with E-state index < -0.39 is 21.5 Å². The van der Waals surface area contributed by atoms with Gasteiger partial charge in [-0.25, -0.2) is 8.42 Å². The number of esters is 1. The topological polar surface area (TPSA) is 84.0 Å². The number of hydrogen-bond donors (Lipinski definition) is 0. The highest BCUT2D eigenvalue weighted by Gasteiger charge is 2.53. The van der Waals surface area contributed by atoms with Crippen LogP contribution in [0.3, 0.4) is 0 Å². The van der Waals surface area contributed by atoms with E-state index in [2.05, 4.69) is 0 Å². The summed E-state index contributed by atoms with van der Waals surface area (Å²) >= 11 is 0. The molecule has 1 spiro atoms. The molecule has 8 heteroatoms. The van der Waals surface area contributed by atoms with Crippen LogP contribution in [0.5, 0.6) is 0 Å². The second-order valence-electron chi connectivity index (χ2n) is 7.23. The van der Waals surface area contributed by atoms with Crippen molar-refractivity contribution in [3.8, 4) is 0 Å². The van der Waals surface area contributed by atoms with Crippen LogP contribution in [0.1, 0.15) is 37.7 Å². The minimum atomic E-state index is -3.86. The normalized spacial score (nSPS) is 23.2. The van der Waals surface area contributed by atoms with Gasteiger partial charge in [-0.15, -0.1) is 0 Å².